The third-order valence-corrected chi connectivity index (χ3v) is 4.88. The van der Waals surface area contributed by atoms with Crippen molar-refractivity contribution in [2.75, 3.05) is 26.2 Å². The van der Waals surface area contributed by atoms with Gasteiger partial charge >= 0.3 is 0 Å². The van der Waals surface area contributed by atoms with Gasteiger partial charge in [-0.05, 0) is 47.7 Å². The van der Waals surface area contributed by atoms with Crippen molar-refractivity contribution in [2.45, 2.75) is 13.5 Å². The van der Waals surface area contributed by atoms with E-state index in [1.165, 1.54) is 12.1 Å². The van der Waals surface area contributed by atoms with Gasteiger partial charge in [-0.3, -0.25) is 9.69 Å². The SMILES string of the molecule is Cc1cccc(C(=O)N2CCN(Cc3nnnn3-c3cccc(F)c3)CC2)c1. The maximum atomic E-state index is 13.5. The van der Waals surface area contributed by atoms with Gasteiger partial charge in [-0.2, -0.15) is 4.68 Å². The number of aromatic nitrogens is 4. The van der Waals surface area contributed by atoms with Crippen molar-refractivity contribution in [3.8, 4) is 5.69 Å². The predicted octanol–water partition coefficient (Wildman–Crippen LogP) is 2.07. The Hall–Kier alpha value is -3.13. The Labute approximate surface area is 162 Å². The number of halogens is 1. The fourth-order valence-corrected chi connectivity index (χ4v) is 3.38. The number of carbonyl (C=O) groups is 1. The van der Waals surface area contributed by atoms with Crippen LogP contribution < -0.4 is 0 Å². The van der Waals surface area contributed by atoms with E-state index in [4.69, 9.17) is 0 Å². The Bertz CT molecular complexity index is 980. The molecule has 1 amide bonds. The van der Waals surface area contributed by atoms with Crippen LogP contribution in [0.5, 0.6) is 0 Å². The highest BCUT2D eigenvalue weighted by molar-refractivity contribution is 5.94. The van der Waals surface area contributed by atoms with E-state index >= 15 is 0 Å². The number of hydrogen-bond donors (Lipinski definition) is 0. The normalized spacial score (nSPS) is 15.0. The molecule has 1 aromatic heterocycles. The van der Waals surface area contributed by atoms with E-state index in [1.807, 2.05) is 36.1 Å². The lowest BCUT2D eigenvalue weighted by Crippen LogP contribution is -2.48. The van der Waals surface area contributed by atoms with Crippen molar-refractivity contribution in [3.63, 3.8) is 0 Å². The Morgan fingerprint density at radius 3 is 2.61 bits per heavy atom. The smallest absolute Gasteiger partial charge is 0.253 e. The molecule has 0 N–H and O–H groups in total. The predicted molar refractivity (Wildman–Crippen MR) is 101 cm³/mol. The summed E-state index contributed by atoms with van der Waals surface area (Å²) in [5.74, 6) is 0.374. The molecule has 1 aliphatic heterocycles. The molecule has 0 radical (unpaired) electrons. The lowest BCUT2D eigenvalue weighted by Gasteiger charge is -2.34. The van der Waals surface area contributed by atoms with Crippen LogP contribution in [-0.4, -0.2) is 62.1 Å². The van der Waals surface area contributed by atoms with E-state index in [-0.39, 0.29) is 11.7 Å². The molecule has 8 heteroatoms. The van der Waals surface area contributed by atoms with Crippen molar-refractivity contribution < 1.29 is 9.18 Å². The molecule has 0 atom stereocenters. The maximum absolute atomic E-state index is 13.5. The number of piperazine rings is 1. The molecule has 0 bridgehead atoms. The second-order valence-electron chi connectivity index (χ2n) is 6.92. The fraction of sp³-hybridized carbons (Fsp3) is 0.300. The van der Waals surface area contributed by atoms with E-state index in [0.717, 1.165) is 24.2 Å². The third-order valence-electron chi connectivity index (χ3n) is 4.88. The number of amides is 1. The number of hydrogen-bond acceptors (Lipinski definition) is 5. The van der Waals surface area contributed by atoms with Gasteiger partial charge in [-0.25, -0.2) is 4.39 Å². The number of rotatable bonds is 4. The summed E-state index contributed by atoms with van der Waals surface area (Å²) in [6, 6.07) is 13.8. The molecule has 144 valence electrons. The quantitative estimate of drug-likeness (QED) is 0.693. The zero-order chi connectivity index (χ0) is 19.5. The minimum Gasteiger partial charge on any atom is -0.336 e. The molecule has 2 heterocycles. The van der Waals surface area contributed by atoms with Crippen LogP contribution in [0.2, 0.25) is 0 Å². The van der Waals surface area contributed by atoms with E-state index in [2.05, 4.69) is 20.4 Å². The average molecular weight is 380 g/mol. The number of tetrazole rings is 1. The van der Waals surface area contributed by atoms with E-state index in [1.54, 1.807) is 16.8 Å². The lowest BCUT2D eigenvalue weighted by molar-refractivity contribution is 0.0624. The fourth-order valence-electron chi connectivity index (χ4n) is 3.38. The first-order valence-electron chi connectivity index (χ1n) is 9.21. The Kier molecular flexibility index (Phi) is 5.12. The molecule has 0 unspecified atom stereocenters. The van der Waals surface area contributed by atoms with Crippen molar-refractivity contribution >= 4 is 5.91 Å². The van der Waals surface area contributed by atoms with Crippen molar-refractivity contribution in [3.05, 3.63) is 71.3 Å². The van der Waals surface area contributed by atoms with Crippen LogP contribution in [0.1, 0.15) is 21.7 Å². The summed E-state index contributed by atoms with van der Waals surface area (Å²) in [7, 11) is 0. The highest BCUT2D eigenvalue weighted by Gasteiger charge is 2.23. The topological polar surface area (TPSA) is 67.2 Å². The number of nitrogens with zero attached hydrogens (tertiary/aromatic N) is 6. The van der Waals surface area contributed by atoms with E-state index < -0.39 is 0 Å². The zero-order valence-corrected chi connectivity index (χ0v) is 15.6. The molecule has 7 nitrogen and oxygen atoms in total. The third kappa shape index (κ3) is 3.91. The summed E-state index contributed by atoms with van der Waals surface area (Å²) in [4.78, 5) is 16.8. The first-order chi connectivity index (χ1) is 13.6. The summed E-state index contributed by atoms with van der Waals surface area (Å²) < 4.78 is 15.1. The standard InChI is InChI=1S/C20H21FN6O/c1-15-4-2-5-16(12-15)20(28)26-10-8-25(9-11-26)14-19-22-23-24-27(19)18-7-3-6-17(21)13-18/h2-7,12-13H,8-11,14H2,1H3. The summed E-state index contributed by atoms with van der Waals surface area (Å²) in [6.45, 7) is 5.28. The molecule has 1 saturated heterocycles. The number of carbonyl (C=O) groups excluding carboxylic acids is 1. The summed E-state index contributed by atoms with van der Waals surface area (Å²) >= 11 is 0. The van der Waals surface area contributed by atoms with Crippen molar-refractivity contribution in [1.29, 1.82) is 0 Å². The van der Waals surface area contributed by atoms with Crippen LogP contribution in [0.15, 0.2) is 48.5 Å². The van der Waals surface area contributed by atoms with E-state index in [0.29, 0.717) is 31.1 Å². The minimum atomic E-state index is -0.331. The summed E-state index contributed by atoms with van der Waals surface area (Å²) in [5.41, 5.74) is 2.39. The van der Waals surface area contributed by atoms with Crippen LogP contribution >= 0.6 is 0 Å². The lowest BCUT2D eigenvalue weighted by atomic mass is 10.1. The Morgan fingerprint density at radius 1 is 1.07 bits per heavy atom. The molecule has 0 aliphatic carbocycles. The largest absolute Gasteiger partial charge is 0.336 e. The van der Waals surface area contributed by atoms with Crippen LogP contribution in [-0.2, 0) is 6.54 Å². The number of aryl methyl sites for hydroxylation is 1. The second kappa shape index (κ2) is 7.85. The van der Waals surface area contributed by atoms with Gasteiger partial charge in [0.15, 0.2) is 5.82 Å². The first-order valence-corrected chi connectivity index (χ1v) is 9.21. The zero-order valence-electron chi connectivity index (χ0n) is 15.6. The molecule has 1 fully saturated rings. The Balaban J connectivity index is 1.39. The highest BCUT2D eigenvalue weighted by Crippen LogP contribution is 2.14. The van der Waals surface area contributed by atoms with E-state index in [9.17, 15) is 9.18 Å². The molecule has 3 aromatic rings. The van der Waals surface area contributed by atoms with Gasteiger partial charge in [-0.15, -0.1) is 5.10 Å². The van der Waals surface area contributed by atoms with Crippen molar-refractivity contribution in [1.82, 2.24) is 30.0 Å². The summed E-state index contributed by atoms with van der Waals surface area (Å²) in [6.07, 6.45) is 0. The van der Waals surface area contributed by atoms with Crippen LogP contribution in [0.4, 0.5) is 4.39 Å². The van der Waals surface area contributed by atoms with Gasteiger partial charge in [0.2, 0.25) is 0 Å². The second-order valence-corrected chi connectivity index (χ2v) is 6.92. The average Bonchev–Trinajstić information content (AvgIpc) is 3.16. The molecular weight excluding hydrogens is 359 g/mol. The molecule has 1 aliphatic rings. The van der Waals surface area contributed by atoms with Crippen molar-refractivity contribution in [2.24, 2.45) is 0 Å². The van der Waals surface area contributed by atoms with Gasteiger partial charge in [0.1, 0.15) is 5.82 Å². The minimum absolute atomic E-state index is 0.0629. The van der Waals surface area contributed by atoms with Gasteiger partial charge < -0.3 is 4.90 Å². The highest BCUT2D eigenvalue weighted by atomic mass is 19.1. The van der Waals surface area contributed by atoms with Gasteiger partial charge in [-0.1, -0.05) is 23.8 Å². The molecule has 4 rings (SSSR count). The van der Waals surface area contributed by atoms with Crippen LogP contribution in [0.25, 0.3) is 5.69 Å². The van der Waals surface area contributed by atoms with Crippen LogP contribution in [0, 0.1) is 12.7 Å². The molecule has 28 heavy (non-hydrogen) atoms. The Morgan fingerprint density at radius 2 is 1.86 bits per heavy atom. The van der Waals surface area contributed by atoms with Gasteiger partial charge in [0, 0.05) is 31.7 Å². The summed E-state index contributed by atoms with van der Waals surface area (Å²) in [5, 5.41) is 11.8. The molecule has 0 saturated carbocycles. The number of benzene rings is 2. The molecular formula is C20H21FN6O. The van der Waals surface area contributed by atoms with Gasteiger partial charge in [0.25, 0.3) is 5.91 Å². The van der Waals surface area contributed by atoms with Gasteiger partial charge in [0.05, 0.1) is 12.2 Å². The first kappa shape index (κ1) is 18.2. The molecule has 0 spiro atoms. The molecule has 2 aromatic carbocycles. The monoisotopic (exact) mass is 380 g/mol. The van der Waals surface area contributed by atoms with Crippen LogP contribution in [0.3, 0.4) is 0 Å². The maximum Gasteiger partial charge on any atom is 0.253 e.